The van der Waals surface area contributed by atoms with E-state index in [1.54, 1.807) is 30.3 Å². The Balaban J connectivity index is 1.59. The molecule has 1 amide bonds. The van der Waals surface area contributed by atoms with E-state index in [2.05, 4.69) is 31.8 Å². The summed E-state index contributed by atoms with van der Waals surface area (Å²) in [7, 11) is 0. The number of amides is 1. The van der Waals surface area contributed by atoms with Gasteiger partial charge in [-0.25, -0.2) is 10.2 Å². The van der Waals surface area contributed by atoms with Gasteiger partial charge < -0.3 is 14.5 Å². The molecule has 1 aromatic heterocycles. The molecule has 0 saturated heterocycles. The third-order valence-corrected chi connectivity index (χ3v) is 4.90. The summed E-state index contributed by atoms with van der Waals surface area (Å²) in [6.45, 7) is 4.03. The lowest BCUT2D eigenvalue weighted by atomic mass is 10.1. The number of nitrogens with zero attached hydrogens (tertiary/aromatic N) is 1. The number of furan rings is 1. The first-order valence-corrected chi connectivity index (χ1v) is 10.6. The van der Waals surface area contributed by atoms with E-state index in [4.69, 9.17) is 9.15 Å². The molecule has 0 saturated carbocycles. The van der Waals surface area contributed by atoms with Crippen LogP contribution in [0.5, 0.6) is 5.75 Å². The third-order valence-electron chi connectivity index (χ3n) is 4.41. The first kappa shape index (κ1) is 23.0. The molecule has 164 valence electrons. The highest BCUT2D eigenvalue weighted by Gasteiger charge is 2.08. The van der Waals surface area contributed by atoms with Crippen LogP contribution in [0.2, 0.25) is 0 Å². The van der Waals surface area contributed by atoms with Gasteiger partial charge in [-0.3, -0.25) is 4.79 Å². The highest BCUT2D eigenvalue weighted by molar-refractivity contribution is 9.10. The van der Waals surface area contributed by atoms with Crippen molar-refractivity contribution in [3.05, 3.63) is 87.8 Å². The first-order valence-electron chi connectivity index (χ1n) is 9.77. The molecule has 0 unspecified atom stereocenters. The van der Waals surface area contributed by atoms with E-state index in [9.17, 15) is 9.59 Å². The van der Waals surface area contributed by atoms with E-state index in [-0.39, 0.29) is 12.5 Å². The van der Waals surface area contributed by atoms with Crippen LogP contribution >= 0.6 is 15.9 Å². The highest BCUT2D eigenvalue weighted by Crippen LogP contribution is 2.22. The maximum Gasteiger partial charge on any atom is 0.336 e. The molecular weight excluding hydrogens is 474 g/mol. The van der Waals surface area contributed by atoms with Crippen LogP contribution in [0.25, 0.3) is 6.08 Å². The van der Waals surface area contributed by atoms with Gasteiger partial charge >= 0.3 is 5.97 Å². The smallest absolute Gasteiger partial charge is 0.336 e. The van der Waals surface area contributed by atoms with Crippen LogP contribution in [0.3, 0.4) is 0 Å². The van der Waals surface area contributed by atoms with Crippen molar-refractivity contribution in [1.29, 1.82) is 0 Å². The fourth-order valence-corrected chi connectivity index (χ4v) is 3.25. The lowest BCUT2D eigenvalue weighted by Crippen LogP contribution is -2.26. The van der Waals surface area contributed by atoms with Gasteiger partial charge in [-0.05, 0) is 61.4 Å². The van der Waals surface area contributed by atoms with Crippen molar-refractivity contribution >= 4 is 45.8 Å². The monoisotopic (exact) mass is 495 g/mol. The Morgan fingerprint density at radius 2 is 1.91 bits per heavy atom. The molecule has 2 aromatic carbocycles. The van der Waals surface area contributed by atoms with Crippen LogP contribution in [0.1, 0.15) is 22.5 Å². The number of benzene rings is 2. The first-order chi connectivity index (χ1) is 15.4. The number of aryl methyl sites for hydroxylation is 2. The maximum absolute atomic E-state index is 12.2. The second-order valence-electron chi connectivity index (χ2n) is 6.87. The summed E-state index contributed by atoms with van der Waals surface area (Å²) >= 11 is 3.38. The molecule has 3 aromatic rings. The molecular formula is C24H22BrN3O4. The van der Waals surface area contributed by atoms with E-state index in [0.717, 1.165) is 21.3 Å². The topological polar surface area (TPSA) is 92.9 Å². The summed E-state index contributed by atoms with van der Waals surface area (Å²) in [5, 5.41) is 7.11. The third kappa shape index (κ3) is 6.68. The van der Waals surface area contributed by atoms with Crippen molar-refractivity contribution in [2.24, 2.45) is 5.10 Å². The van der Waals surface area contributed by atoms with E-state index < -0.39 is 5.97 Å². The Bertz CT molecular complexity index is 1130. The maximum atomic E-state index is 12.2. The van der Waals surface area contributed by atoms with Crippen molar-refractivity contribution < 1.29 is 18.7 Å². The Labute approximate surface area is 194 Å². The van der Waals surface area contributed by atoms with Crippen LogP contribution in [-0.2, 0) is 9.59 Å². The zero-order valence-electron chi connectivity index (χ0n) is 17.6. The van der Waals surface area contributed by atoms with E-state index >= 15 is 0 Å². The summed E-state index contributed by atoms with van der Waals surface area (Å²) in [6.07, 6.45) is 5.71. The van der Waals surface area contributed by atoms with Gasteiger partial charge in [0.2, 0.25) is 0 Å². The van der Waals surface area contributed by atoms with Crippen molar-refractivity contribution in [3.63, 3.8) is 0 Å². The number of carbonyl (C=O) groups excluding carboxylic acids is 2. The van der Waals surface area contributed by atoms with Gasteiger partial charge in [0.05, 0.1) is 19.0 Å². The molecule has 0 bridgehead atoms. The number of anilines is 1. The number of esters is 1. The highest BCUT2D eigenvalue weighted by atomic mass is 79.9. The molecule has 0 aliphatic carbocycles. The molecule has 0 fully saturated rings. The second-order valence-corrected chi connectivity index (χ2v) is 7.78. The SMILES string of the molecule is Cc1cccc(C)c1NCC(=O)NN=Cc1cc(Br)ccc1OC(=O)C=Cc1ccco1. The fraction of sp³-hybridized carbons (Fsp3) is 0.125. The summed E-state index contributed by atoms with van der Waals surface area (Å²) in [5.74, 6) is -0.0373. The predicted molar refractivity (Wildman–Crippen MR) is 128 cm³/mol. The molecule has 3 rings (SSSR count). The van der Waals surface area contributed by atoms with Crippen LogP contribution in [0.4, 0.5) is 5.69 Å². The quantitative estimate of drug-likeness (QED) is 0.153. The number of carbonyl (C=O) groups is 2. The van der Waals surface area contributed by atoms with Gasteiger partial charge in [0.15, 0.2) is 0 Å². The molecule has 1 heterocycles. The molecule has 32 heavy (non-hydrogen) atoms. The number of hydrazone groups is 1. The van der Waals surface area contributed by atoms with Gasteiger partial charge in [-0.15, -0.1) is 0 Å². The predicted octanol–water partition coefficient (Wildman–Crippen LogP) is 4.84. The van der Waals surface area contributed by atoms with E-state index in [0.29, 0.717) is 17.1 Å². The molecule has 7 nitrogen and oxygen atoms in total. The molecule has 0 aliphatic heterocycles. The Hall–Kier alpha value is -3.65. The molecule has 8 heteroatoms. The fourth-order valence-electron chi connectivity index (χ4n) is 2.87. The second kappa shape index (κ2) is 11.1. The molecule has 2 N–H and O–H groups in total. The Kier molecular flexibility index (Phi) is 7.99. The number of para-hydroxylation sites is 1. The minimum Gasteiger partial charge on any atom is -0.465 e. The van der Waals surface area contributed by atoms with Crippen LogP contribution in [0.15, 0.2) is 74.9 Å². The summed E-state index contributed by atoms with van der Waals surface area (Å²) in [6, 6.07) is 14.5. The summed E-state index contributed by atoms with van der Waals surface area (Å²) < 4.78 is 11.3. The van der Waals surface area contributed by atoms with Gasteiger partial charge in [0.1, 0.15) is 11.5 Å². The van der Waals surface area contributed by atoms with Crippen molar-refractivity contribution in [2.75, 3.05) is 11.9 Å². The largest absolute Gasteiger partial charge is 0.465 e. The number of ether oxygens (including phenoxy) is 1. The van der Waals surface area contributed by atoms with Gasteiger partial charge in [0, 0.05) is 21.8 Å². The molecule has 0 aliphatic rings. The van der Waals surface area contributed by atoms with Gasteiger partial charge in [0.25, 0.3) is 5.91 Å². The van der Waals surface area contributed by atoms with Gasteiger partial charge in [-0.2, -0.15) is 5.10 Å². The lowest BCUT2D eigenvalue weighted by molar-refractivity contribution is -0.129. The van der Waals surface area contributed by atoms with Crippen LogP contribution in [-0.4, -0.2) is 24.6 Å². The number of nitrogens with one attached hydrogen (secondary N) is 2. The van der Waals surface area contributed by atoms with Crippen LogP contribution in [0, 0.1) is 13.8 Å². The average Bonchev–Trinajstić information content (AvgIpc) is 3.27. The zero-order chi connectivity index (χ0) is 22.9. The Morgan fingerprint density at radius 1 is 1.12 bits per heavy atom. The van der Waals surface area contributed by atoms with Gasteiger partial charge in [-0.1, -0.05) is 34.1 Å². The van der Waals surface area contributed by atoms with Crippen molar-refractivity contribution in [2.45, 2.75) is 13.8 Å². The Morgan fingerprint density at radius 3 is 2.62 bits per heavy atom. The minimum absolute atomic E-state index is 0.0704. The van der Waals surface area contributed by atoms with Crippen molar-refractivity contribution in [3.8, 4) is 5.75 Å². The van der Waals surface area contributed by atoms with E-state index in [1.807, 2.05) is 32.0 Å². The summed E-state index contributed by atoms with van der Waals surface area (Å²) in [4.78, 5) is 24.3. The normalized spacial score (nSPS) is 11.1. The summed E-state index contributed by atoms with van der Waals surface area (Å²) in [5.41, 5.74) is 6.03. The number of rotatable bonds is 8. The lowest BCUT2D eigenvalue weighted by Gasteiger charge is -2.11. The zero-order valence-corrected chi connectivity index (χ0v) is 19.2. The minimum atomic E-state index is -0.569. The van der Waals surface area contributed by atoms with Crippen molar-refractivity contribution in [1.82, 2.24) is 5.43 Å². The molecule has 0 spiro atoms. The standard InChI is InChI=1S/C24H22BrN3O4/c1-16-5-3-6-17(2)24(16)26-15-22(29)28-27-14-18-13-19(25)8-10-21(18)32-23(30)11-9-20-7-4-12-31-20/h3-14,26H,15H2,1-2H3,(H,28,29). The molecule has 0 atom stereocenters. The number of hydrogen-bond donors (Lipinski definition) is 2. The molecule has 0 radical (unpaired) electrons. The number of halogens is 1. The number of hydrogen-bond acceptors (Lipinski definition) is 6. The van der Waals surface area contributed by atoms with E-state index in [1.165, 1.54) is 24.6 Å². The van der Waals surface area contributed by atoms with Crippen LogP contribution < -0.4 is 15.5 Å². The average molecular weight is 496 g/mol.